The first kappa shape index (κ1) is 20.1. The Labute approximate surface area is 168 Å². The number of hydrazone groups is 1. The van der Waals surface area contributed by atoms with Gasteiger partial charge in [-0.3, -0.25) is 14.6 Å². The molecule has 1 saturated heterocycles. The van der Waals surface area contributed by atoms with E-state index in [-0.39, 0.29) is 24.0 Å². The molecule has 0 bridgehead atoms. The van der Waals surface area contributed by atoms with Crippen molar-refractivity contribution in [1.82, 2.24) is 15.2 Å². The van der Waals surface area contributed by atoms with Crippen LogP contribution in [0.3, 0.4) is 0 Å². The molecule has 3 N–H and O–H groups in total. The van der Waals surface area contributed by atoms with Crippen molar-refractivity contribution in [3.63, 3.8) is 0 Å². The van der Waals surface area contributed by atoms with Gasteiger partial charge in [0.2, 0.25) is 0 Å². The van der Waals surface area contributed by atoms with Crippen LogP contribution in [0.4, 0.5) is 0 Å². The molecule has 0 radical (unpaired) electrons. The molecule has 1 amide bonds. The number of phenolic OH excluding ortho intramolecular Hbond substituents is 2. The fourth-order valence-electron chi connectivity index (χ4n) is 3.01. The summed E-state index contributed by atoms with van der Waals surface area (Å²) in [5, 5.41) is 23.4. The first-order valence-corrected chi connectivity index (χ1v) is 9.41. The number of hydrogen-bond donors (Lipinski definition) is 3. The number of amides is 1. The molecule has 0 aliphatic carbocycles. The van der Waals surface area contributed by atoms with E-state index < -0.39 is 0 Å². The fourth-order valence-corrected chi connectivity index (χ4v) is 3.21. The van der Waals surface area contributed by atoms with Crippen LogP contribution in [0.1, 0.15) is 11.1 Å². The summed E-state index contributed by atoms with van der Waals surface area (Å²) in [5.74, 6) is -0.626. The van der Waals surface area contributed by atoms with Gasteiger partial charge in [0, 0.05) is 37.7 Å². The zero-order valence-corrected chi connectivity index (χ0v) is 16.1. The van der Waals surface area contributed by atoms with E-state index in [2.05, 4.69) is 20.3 Å². The number of carbonyl (C=O) groups is 1. The van der Waals surface area contributed by atoms with Crippen molar-refractivity contribution in [3.8, 4) is 11.5 Å². The summed E-state index contributed by atoms with van der Waals surface area (Å²) >= 11 is 6.22. The third-order valence-electron chi connectivity index (χ3n) is 4.59. The molecule has 0 aromatic heterocycles. The molecule has 1 aliphatic rings. The van der Waals surface area contributed by atoms with Crippen LogP contribution in [0.2, 0.25) is 5.02 Å². The fraction of sp³-hybridized carbons (Fsp3) is 0.300. The minimum Gasteiger partial charge on any atom is -0.504 e. The van der Waals surface area contributed by atoms with Crippen molar-refractivity contribution in [3.05, 3.63) is 58.6 Å². The maximum absolute atomic E-state index is 12.1. The molecule has 3 rings (SSSR count). The molecule has 2 aromatic carbocycles. The van der Waals surface area contributed by atoms with Crippen molar-refractivity contribution < 1.29 is 15.0 Å². The smallest absolute Gasteiger partial charge is 0.254 e. The topological polar surface area (TPSA) is 88.4 Å². The zero-order valence-electron chi connectivity index (χ0n) is 15.4. The van der Waals surface area contributed by atoms with Crippen molar-refractivity contribution in [2.45, 2.75) is 6.54 Å². The average molecular weight is 403 g/mol. The molecule has 28 heavy (non-hydrogen) atoms. The molecule has 0 unspecified atom stereocenters. The van der Waals surface area contributed by atoms with Gasteiger partial charge in [-0.15, -0.1) is 0 Å². The Balaban J connectivity index is 1.40. The molecular weight excluding hydrogens is 380 g/mol. The number of halogens is 1. The number of hydrogen-bond acceptors (Lipinski definition) is 6. The number of phenols is 2. The molecule has 0 atom stereocenters. The summed E-state index contributed by atoms with van der Waals surface area (Å²) in [6, 6.07) is 12.2. The van der Waals surface area contributed by atoms with Crippen LogP contribution in [0.15, 0.2) is 47.6 Å². The summed E-state index contributed by atoms with van der Waals surface area (Å²) in [4.78, 5) is 16.5. The van der Waals surface area contributed by atoms with Gasteiger partial charge < -0.3 is 10.2 Å². The van der Waals surface area contributed by atoms with Crippen molar-refractivity contribution in [2.24, 2.45) is 5.10 Å². The van der Waals surface area contributed by atoms with Crippen molar-refractivity contribution in [2.75, 3.05) is 32.7 Å². The molecule has 148 valence electrons. The Hall–Kier alpha value is -2.61. The highest BCUT2D eigenvalue weighted by Gasteiger charge is 2.19. The van der Waals surface area contributed by atoms with E-state index in [1.165, 1.54) is 18.3 Å². The van der Waals surface area contributed by atoms with Gasteiger partial charge in [-0.2, -0.15) is 5.10 Å². The molecule has 1 heterocycles. The average Bonchev–Trinajstić information content (AvgIpc) is 2.68. The number of nitrogens with one attached hydrogen (secondary N) is 1. The molecular formula is C20H23ClN4O3. The van der Waals surface area contributed by atoms with Gasteiger partial charge in [0.1, 0.15) is 0 Å². The van der Waals surface area contributed by atoms with E-state index in [9.17, 15) is 15.0 Å². The second kappa shape index (κ2) is 9.54. The Morgan fingerprint density at radius 1 is 1.07 bits per heavy atom. The van der Waals surface area contributed by atoms with Crippen LogP contribution in [0.25, 0.3) is 0 Å². The van der Waals surface area contributed by atoms with Crippen LogP contribution < -0.4 is 5.43 Å². The predicted octanol–water partition coefficient (Wildman–Crippen LogP) is 2.02. The highest BCUT2D eigenvalue weighted by molar-refractivity contribution is 6.31. The highest BCUT2D eigenvalue weighted by Crippen LogP contribution is 2.24. The van der Waals surface area contributed by atoms with Crippen molar-refractivity contribution >= 4 is 23.7 Å². The van der Waals surface area contributed by atoms with Gasteiger partial charge in [-0.25, -0.2) is 5.43 Å². The van der Waals surface area contributed by atoms with E-state index in [1.807, 2.05) is 24.3 Å². The molecule has 2 aromatic rings. The monoisotopic (exact) mass is 402 g/mol. The summed E-state index contributed by atoms with van der Waals surface area (Å²) in [6.07, 6.45) is 1.42. The maximum atomic E-state index is 12.1. The van der Waals surface area contributed by atoms with Gasteiger partial charge >= 0.3 is 0 Å². The van der Waals surface area contributed by atoms with Gasteiger partial charge in [0.05, 0.1) is 12.8 Å². The van der Waals surface area contributed by atoms with Gasteiger partial charge in [-0.05, 0) is 35.4 Å². The SMILES string of the molecule is O=C(CN1CCN(Cc2ccccc2Cl)CC1)N/N=C/c1ccc(O)c(O)c1. The number of benzene rings is 2. The van der Waals surface area contributed by atoms with E-state index in [0.29, 0.717) is 5.56 Å². The maximum Gasteiger partial charge on any atom is 0.254 e. The lowest BCUT2D eigenvalue weighted by Crippen LogP contribution is -2.48. The van der Waals surface area contributed by atoms with E-state index in [1.54, 1.807) is 6.07 Å². The number of nitrogens with zero attached hydrogens (tertiary/aromatic N) is 3. The first-order chi connectivity index (χ1) is 13.5. The Morgan fingerprint density at radius 2 is 1.79 bits per heavy atom. The highest BCUT2D eigenvalue weighted by atomic mass is 35.5. The Bertz CT molecular complexity index is 851. The van der Waals surface area contributed by atoms with E-state index in [4.69, 9.17) is 11.6 Å². The van der Waals surface area contributed by atoms with Crippen LogP contribution in [-0.4, -0.2) is 64.9 Å². The van der Waals surface area contributed by atoms with Crippen LogP contribution >= 0.6 is 11.6 Å². The predicted molar refractivity (Wildman–Crippen MR) is 109 cm³/mol. The minimum atomic E-state index is -0.232. The quantitative estimate of drug-likeness (QED) is 0.391. The van der Waals surface area contributed by atoms with Gasteiger partial charge in [-0.1, -0.05) is 29.8 Å². The van der Waals surface area contributed by atoms with E-state index in [0.717, 1.165) is 43.3 Å². The third kappa shape index (κ3) is 5.69. The lowest BCUT2D eigenvalue weighted by molar-refractivity contribution is -0.122. The van der Waals surface area contributed by atoms with Crippen LogP contribution in [0, 0.1) is 0 Å². The molecule has 1 fully saturated rings. The molecule has 0 spiro atoms. The Morgan fingerprint density at radius 3 is 2.50 bits per heavy atom. The molecule has 7 nitrogen and oxygen atoms in total. The largest absolute Gasteiger partial charge is 0.504 e. The number of rotatable bonds is 6. The van der Waals surface area contributed by atoms with Crippen LogP contribution in [0.5, 0.6) is 11.5 Å². The molecule has 1 aliphatic heterocycles. The third-order valence-corrected chi connectivity index (χ3v) is 4.95. The number of aromatic hydroxyl groups is 2. The van der Waals surface area contributed by atoms with Gasteiger partial charge in [0.25, 0.3) is 5.91 Å². The molecule has 0 saturated carbocycles. The lowest BCUT2D eigenvalue weighted by Gasteiger charge is -2.34. The van der Waals surface area contributed by atoms with Crippen LogP contribution in [-0.2, 0) is 11.3 Å². The Kier molecular flexibility index (Phi) is 6.86. The second-order valence-electron chi connectivity index (χ2n) is 6.69. The van der Waals surface area contributed by atoms with E-state index >= 15 is 0 Å². The number of carbonyl (C=O) groups excluding carboxylic acids is 1. The summed E-state index contributed by atoms with van der Waals surface area (Å²) in [7, 11) is 0. The normalized spacial score (nSPS) is 15.8. The minimum absolute atomic E-state index is 0.196. The summed E-state index contributed by atoms with van der Waals surface area (Å²) in [5.41, 5.74) is 4.17. The lowest BCUT2D eigenvalue weighted by atomic mass is 10.2. The first-order valence-electron chi connectivity index (χ1n) is 9.03. The number of piperazine rings is 1. The van der Waals surface area contributed by atoms with Crippen molar-refractivity contribution in [1.29, 1.82) is 0 Å². The van der Waals surface area contributed by atoms with Gasteiger partial charge in [0.15, 0.2) is 11.5 Å². The summed E-state index contributed by atoms with van der Waals surface area (Å²) < 4.78 is 0. The molecule has 8 heteroatoms. The second-order valence-corrected chi connectivity index (χ2v) is 7.09. The zero-order chi connectivity index (χ0) is 19.9. The summed E-state index contributed by atoms with van der Waals surface area (Å²) in [6.45, 7) is 4.42. The standard InChI is InChI=1S/C20H23ClN4O3/c21-17-4-2-1-3-16(17)13-24-7-9-25(10-8-24)14-20(28)23-22-12-15-5-6-18(26)19(27)11-15/h1-6,11-12,26-27H,7-10,13-14H2,(H,23,28)/b22-12+.